The minimum Gasteiger partial charge on any atom is -0.481 e. The third-order valence-electron chi connectivity index (χ3n) is 3.96. The lowest BCUT2D eigenvalue weighted by Gasteiger charge is -2.25. The highest BCUT2D eigenvalue weighted by atomic mass is 35.5. The number of halogens is 1. The molecule has 0 aliphatic carbocycles. The van der Waals surface area contributed by atoms with Crippen LogP contribution in [0, 0.1) is 0 Å². The molecule has 0 spiro atoms. The fraction of sp³-hybridized carbons (Fsp3) is 0.353. The second-order valence-corrected chi connectivity index (χ2v) is 6.24. The third kappa shape index (κ3) is 4.37. The summed E-state index contributed by atoms with van der Waals surface area (Å²) in [7, 11) is 1.90. The van der Waals surface area contributed by atoms with E-state index >= 15 is 0 Å². The molecule has 2 heterocycles. The van der Waals surface area contributed by atoms with Crippen molar-refractivity contribution in [3.8, 4) is 0 Å². The van der Waals surface area contributed by atoms with Crippen LogP contribution in [0.2, 0.25) is 5.02 Å². The standard InChI is InChI=1S/C17H19ClN4O3/c1-22(14-3-2-8-25-14)16-13(18)10-19-17(21-16)20-12-6-4-11(5-7-12)9-15(23)24/h4-7,10,14H,2-3,8-9H2,1H3,(H,23,24)(H,19,20,21)/t14-/m0/s1. The van der Waals surface area contributed by atoms with Gasteiger partial charge < -0.3 is 20.1 Å². The summed E-state index contributed by atoms with van der Waals surface area (Å²) in [4.78, 5) is 21.3. The van der Waals surface area contributed by atoms with Crippen molar-refractivity contribution >= 4 is 35.0 Å². The van der Waals surface area contributed by atoms with E-state index in [9.17, 15) is 4.79 Å². The summed E-state index contributed by atoms with van der Waals surface area (Å²) in [6.45, 7) is 0.742. The lowest BCUT2D eigenvalue weighted by atomic mass is 10.1. The summed E-state index contributed by atoms with van der Waals surface area (Å²) >= 11 is 6.24. The van der Waals surface area contributed by atoms with Crippen LogP contribution < -0.4 is 10.2 Å². The number of nitrogens with one attached hydrogen (secondary N) is 1. The third-order valence-corrected chi connectivity index (χ3v) is 4.23. The van der Waals surface area contributed by atoms with Gasteiger partial charge in [-0.3, -0.25) is 4.79 Å². The number of hydrogen-bond donors (Lipinski definition) is 2. The summed E-state index contributed by atoms with van der Waals surface area (Å²) in [6.07, 6.45) is 3.47. The highest BCUT2D eigenvalue weighted by Gasteiger charge is 2.23. The van der Waals surface area contributed by atoms with Crippen LogP contribution >= 0.6 is 11.6 Å². The molecular weight excluding hydrogens is 344 g/mol. The monoisotopic (exact) mass is 362 g/mol. The fourth-order valence-electron chi connectivity index (χ4n) is 2.68. The summed E-state index contributed by atoms with van der Waals surface area (Å²) in [5.74, 6) is 0.160. The van der Waals surface area contributed by atoms with E-state index in [1.165, 1.54) is 0 Å². The molecule has 25 heavy (non-hydrogen) atoms. The van der Waals surface area contributed by atoms with Crippen molar-refractivity contribution in [3.63, 3.8) is 0 Å². The van der Waals surface area contributed by atoms with Gasteiger partial charge in [0.25, 0.3) is 0 Å². The van der Waals surface area contributed by atoms with Crippen molar-refractivity contribution < 1.29 is 14.6 Å². The number of nitrogens with zero attached hydrogens (tertiary/aromatic N) is 3. The van der Waals surface area contributed by atoms with Gasteiger partial charge in [0.15, 0.2) is 5.82 Å². The summed E-state index contributed by atoms with van der Waals surface area (Å²) in [5.41, 5.74) is 1.50. The molecule has 1 aromatic carbocycles. The number of carboxylic acids is 1. The Kier molecular flexibility index (Phi) is 5.35. The largest absolute Gasteiger partial charge is 0.481 e. The van der Waals surface area contributed by atoms with E-state index in [1.54, 1.807) is 30.5 Å². The Labute approximate surface area is 150 Å². The van der Waals surface area contributed by atoms with Gasteiger partial charge in [0.05, 0.1) is 12.6 Å². The Hall–Kier alpha value is -2.38. The fourth-order valence-corrected chi connectivity index (χ4v) is 2.90. The zero-order valence-electron chi connectivity index (χ0n) is 13.8. The molecule has 1 saturated heterocycles. The second kappa shape index (κ2) is 7.67. The molecule has 8 heteroatoms. The van der Waals surface area contributed by atoms with Crippen molar-refractivity contribution in [2.75, 3.05) is 23.9 Å². The molecule has 0 unspecified atom stereocenters. The first kappa shape index (κ1) is 17.4. The number of benzene rings is 1. The zero-order valence-corrected chi connectivity index (χ0v) is 14.5. The van der Waals surface area contributed by atoms with Gasteiger partial charge in [-0.05, 0) is 30.5 Å². The minimum atomic E-state index is -0.858. The topological polar surface area (TPSA) is 87.6 Å². The maximum atomic E-state index is 10.7. The number of aromatic nitrogens is 2. The quantitative estimate of drug-likeness (QED) is 0.816. The highest BCUT2D eigenvalue weighted by molar-refractivity contribution is 6.32. The minimum absolute atomic E-state index is 0.00590. The van der Waals surface area contributed by atoms with Gasteiger partial charge in [-0.25, -0.2) is 4.98 Å². The lowest BCUT2D eigenvalue weighted by molar-refractivity contribution is -0.136. The number of rotatable bonds is 6. The van der Waals surface area contributed by atoms with E-state index in [4.69, 9.17) is 21.4 Å². The van der Waals surface area contributed by atoms with Gasteiger partial charge in [-0.15, -0.1) is 0 Å². The van der Waals surface area contributed by atoms with Crippen LogP contribution in [0.25, 0.3) is 0 Å². The van der Waals surface area contributed by atoms with Crippen LogP contribution in [0.3, 0.4) is 0 Å². The maximum Gasteiger partial charge on any atom is 0.307 e. The van der Waals surface area contributed by atoms with E-state index < -0.39 is 5.97 Å². The second-order valence-electron chi connectivity index (χ2n) is 5.84. The normalized spacial score (nSPS) is 16.6. The van der Waals surface area contributed by atoms with E-state index in [0.29, 0.717) is 16.8 Å². The zero-order chi connectivity index (χ0) is 17.8. The average Bonchev–Trinajstić information content (AvgIpc) is 3.12. The van der Waals surface area contributed by atoms with Crippen LogP contribution in [-0.4, -0.2) is 40.9 Å². The molecule has 1 aliphatic rings. The smallest absolute Gasteiger partial charge is 0.307 e. The number of anilines is 3. The molecule has 1 fully saturated rings. The van der Waals surface area contributed by atoms with E-state index in [-0.39, 0.29) is 12.6 Å². The number of ether oxygens (including phenoxy) is 1. The first-order chi connectivity index (χ1) is 12.0. The molecule has 1 aromatic heterocycles. The molecule has 132 valence electrons. The van der Waals surface area contributed by atoms with Gasteiger partial charge in [0.1, 0.15) is 11.3 Å². The van der Waals surface area contributed by atoms with Gasteiger partial charge in [-0.2, -0.15) is 4.98 Å². The summed E-state index contributed by atoms with van der Waals surface area (Å²) in [5, 5.41) is 12.4. The molecule has 0 amide bonds. The first-order valence-electron chi connectivity index (χ1n) is 7.97. The average molecular weight is 363 g/mol. The molecule has 7 nitrogen and oxygen atoms in total. The van der Waals surface area contributed by atoms with Crippen molar-refractivity contribution in [2.45, 2.75) is 25.5 Å². The molecule has 0 bridgehead atoms. The molecule has 3 rings (SSSR count). The molecule has 2 aromatic rings. The molecular formula is C17H19ClN4O3. The van der Waals surface area contributed by atoms with Crippen LogP contribution in [0.4, 0.5) is 17.5 Å². The molecule has 0 saturated carbocycles. The number of hydrogen-bond acceptors (Lipinski definition) is 6. The predicted molar refractivity (Wildman–Crippen MR) is 95.5 cm³/mol. The van der Waals surface area contributed by atoms with E-state index in [1.807, 2.05) is 11.9 Å². The van der Waals surface area contributed by atoms with Gasteiger partial charge >= 0.3 is 5.97 Å². The predicted octanol–water partition coefficient (Wildman–Crippen LogP) is 3.07. The van der Waals surface area contributed by atoms with E-state index in [0.717, 1.165) is 30.7 Å². The van der Waals surface area contributed by atoms with E-state index in [2.05, 4.69) is 15.3 Å². The Morgan fingerprint density at radius 1 is 1.44 bits per heavy atom. The lowest BCUT2D eigenvalue weighted by Crippen LogP contribution is -2.31. The maximum absolute atomic E-state index is 10.7. The first-order valence-corrected chi connectivity index (χ1v) is 8.35. The number of carboxylic acid groups (broad SMARTS) is 1. The van der Waals surface area contributed by atoms with Crippen LogP contribution in [-0.2, 0) is 16.0 Å². The summed E-state index contributed by atoms with van der Waals surface area (Å²) < 4.78 is 5.67. The van der Waals surface area contributed by atoms with Gasteiger partial charge in [-0.1, -0.05) is 23.7 Å². The van der Waals surface area contributed by atoms with Crippen molar-refractivity contribution in [3.05, 3.63) is 41.0 Å². The van der Waals surface area contributed by atoms with Crippen molar-refractivity contribution in [1.82, 2.24) is 9.97 Å². The Balaban J connectivity index is 1.74. The van der Waals surface area contributed by atoms with Crippen LogP contribution in [0.1, 0.15) is 18.4 Å². The van der Waals surface area contributed by atoms with Crippen molar-refractivity contribution in [1.29, 1.82) is 0 Å². The number of aliphatic carboxylic acids is 1. The van der Waals surface area contributed by atoms with Crippen LogP contribution in [0.5, 0.6) is 0 Å². The SMILES string of the molecule is CN(c1nc(Nc2ccc(CC(=O)O)cc2)ncc1Cl)[C@@H]1CCCO1. The van der Waals surface area contributed by atoms with Gasteiger partial charge in [0, 0.05) is 19.3 Å². The highest BCUT2D eigenvalue weighted by Crippen LogP contribution is 2.28. The van der Waals surface area contributed by atoms with Crippen molar-refractivity contribution in [2.24, 2.45) is 0 Å². The van der Waals surface area contributed by atoms with Crippen LogP contribution in [0.15, 0.2) is 30.5 Å². The number of carbonyl (C=O) groups is 1. The Morgan fingerprint density at radius 3 is 2.84 bits per heavy atom. The Morgan fingerprint density at radius 2 is 2.20 bits per heavy atom. The molecule has 2 N–H and O–H groups in total. The molecule has 1 atom stereocenters. The summed E-state index contributed by atoms with van der Waals surface area (Å²) in [6, 6.07) is 7.09. The molecule has 0 radical (unpaired) electrons. The Bertz CT molecular complexity index is 748. The van der Waals surface area contributed by atoms with Gasteiger partial charge in [0.2, 0.25) is 5.95 Å². The molecule has 1 aliphatic heterocycles.